The van der Waals surface area contributed by atoms with E-state index in [-0.39, 0.29) is 0 Å². The van der Waals surface area contributed by atoms with Gasteiger partial charge in [-0.05, 0) is 43.0 Å². The lowest BCUT2D eigenvalue weighted by Crippen LogP contribution is -2.17. The van der Waals surface area contributed by atoms with Crippen LogP contribution in [-0.2, 0) is 11.2 Å². The first-order valence-corrected chi connectivity index (χ1v) is 6.27. The zero-order valence-electron chi connectivity index (χ0n) is 10.6. The molecule has 18 heavy (non-hydrogen) atoms. The van der Waals surface area contributed by atoms with Gasteiger partial charge in [0.1, 0.15) is 0 Å². The summed E-state index contributed by atoms with van der Waals surface area (Å²) in [5.74, 6) is 0. The Bertz CT molecular complexity index is 453. The molecule has 0 aliphatic heterocycles. The number of nitrogens with one attached hydrogen (secondary N) is 1. The van der Waals surface area contributed by atoms with Gasteiger partial charge in [0.2, 0.25) is 0 Å². The number of nitrogens with two attached hydrogens (primary N) is 1. The average molecular weight is 245 g/mol. The summed E-state index contributed by atoms with van der Waals surface area (Å²) in [7, 11) is 1.77. The summed E-state index contributed by atoms with van der Waals surface area (Å²) >= 11 is 0. The fourth-order valence-electron chi connectivity index (χ4n) is 2.45. The number of methoxy groups -OCH3 is 1. The van der Waals surface area contributed by atoms with E-state index in [4.69, 9.17) is 15.7 Å². The molecule has 0 radical (unpaired) electrons. The first-order valence-electron chi connectivity index (χ1n) is 6.27. The number of hydrogen-bond donors (Lipinski definition) is 2. The Hall–Kier alpha value is -1.73. The van der Waals surface area contributed by atoms with Crippen LogP contribution in [0.5, 0.6) is 0 Å². The van der Waals surface area contributed by atoms with Crippen LogP contribution in [-0.4, -0.2) is 19.3 Å². The number of benzene rings is 1. The smallest absolute Gasteiger partial charge is 0.0670 e. The number of nitrogen functional groups attached to an aromatic ring is 1. The predicted molar refractivity (Wildman–Crippen MR) is 72.2 cm³/mol. The van der Waals surface area contributed by atoms with Crippen molar-refractivity contribution in [3.05, 3.63) is 23.8 Å². The molecule has 1 aromatic rings. The molecule has 2 unspecified atom stereocenters. The van der Waals surface area contributed by atoms with Gasteiger partial charge >= 0.3 is 0 Å². The normalized spacial score (nSPS) is 22.7. The first kappa shape index (κ1) is 12.7. The van der Waals surface area contributed by atoms with Gasteiger partial charge in [0.15, 0.2) is 0 Å². The highest BCUT2D eigenvalue weighted by atomic mass is 16.5. The molecule has 1 saturated carbocycles. The number of nitrogens with zero attached hydrogens (tertiary/aromatic N) is 1. The number of rotatable bonds is 4. The third kappa shape index (κ3) is 2.93. The molecule has 2 rings (SSSR count). The Labute approximate surface area is 108 Å². The third-order valence-corrected chi connectivity index (χ3v) is 3.50. The monoisotopic (exact) mass is 245 g/mol. The van der Waals surface area contributed by atoms with Gasteiger partial charge in [-0.2, -0.15) is 5.26 Å². The summed E-state index contributed by atoms with van der Waals surface area (Å²) in [4.78, 5) is 0. The number of hydrogen-bond acceptors (Lipinski definition) is 4. The van der Waals surface area contributed by atoms with Gasteiger partial charge in [-0.3, -0.25) is 0 Å². The molecular formula is C14H19N3O. The van der Waals surface area contributed by atoms with E-state index >= 15 is 0 Å². The standard InChI is InChI=1S/C14H19N3O/c1-18-13-4-2-12(9-13)17-11-3-5-14(16)10(8-11)6-7-15/h3,5,8,12-13,17H,2,4,6,9,16H2,1H3. The minimum Gasteiger partial charge on any atom is -0.398 e. The highest BCUT2D eigenvalue weighted by Crippen LogP contribution is 2.26. The van der Waals surface area contributed by atoms with Crippen molar-refractivity contribution in [2.45, 2.75) is 37.8 Å². The summed E-state index contributed by atoms with van der Waals surface area (Å²) in [6.45, 7) is 0. The summed E-state index contributed by atoms with van der Waals surface area (Å²) in [5.41, 5.74) is 8.44. The van der Waals surface area contributed by atoms with Crippen LogP contribution in [0.3, 0.4) is 0 Å². The highest BCUT2D eigenvalue weighted by molar-refractivity contribution is 5.58. The molecule has 0 amide bonds. The van der Waals surface area contributed by atoms with Gasteiger partial charge in [-0.15, -0.1) is 0 Å². The van der Waals surface area contributed by atoms with Gasteiger partial charge < -0.3 is 15.8 Å². The lowest BCUT2D eigenvalue weighted by atomic mass is 10.1. The molecular weight excluding hydrogens is 226 g/mol. The van der Waals surface area contributed by atoms with Crippen LogP contribution < -0.4 is 11.1 Å². The van der Waals surface area contributed by atoms with Crippen molar-refractivity contribution in [2.24, 2.45) is 0 Å². The van der Waals surface area contributed by atoms with E-state index in [9.17, 15) is 0 Å². The van der Waals surface area contributed by atoms with Crippen LogP contribution >= 0.6 is 0 Å². The van der Waals surface area contributed by atoms with E-state index in [0.717, 1.165) is 30.5 Å². The fraction of sp³-hybridized carbons (Fsp3) is 0.500. The van der Waals surface area contributed by atoms with E-state index in [1.165, 1.54) is 0 Å². The topological polar surface area (TPSA) is 71.1 Å². The average Bonchev–Trinajstić information content (AvgIpc) is 2.81. The molecule has 2 atom stereocenters. The zero-order valence-corrected chi connectivity index (χ0v) is 10.6. The van der Waals surface area contributed by atoms with Crippen molar-refractivity contribution in [1.29, 1.82) is 5.26 Å². The van der Waals surface area contributed by atoms with Crippen LogP contribution in [0.4, 0.5) is 11.4 Å². The fourth-order valence-corrected chi connectivity index (χ4v) is 2.45. The summed E-state index contributed by atoms with van der Waals surface area (Å²) in [5, 5.41) is 12.2. The predicted octanol–water partition coefficient (Wildman–Crippen LogP) is 2.31. The number of ether oxygens (including phenoxy) is 1. The molecule has 1 fully saturated rings. The Morgan fingerprint density at radius 2 is 2.33 bits per heavy atom. The van der Waals surface area contributed by atoms with Gasteiger partial charge in [-0.1, -0.05) is 0 Å². The van der Waals surface area contributed by atoms with E-state index < -0.39 is 0 Å². The SMILES string of the molecule is COC1CCC(Nc2ccc(N)c(CC#N)c2)C1. The second-order valence-corrected chi connectivity index (χ2v) is 4.76. The Kier molecular flexibility index (Phi) is 4.06. The second-order valence-electron chi connectivity index (χ2n) is 4.76. The molecule has 0 bridgehead atoms. The molecule has 0 aromatic heterocycles. The molecule has 1 aliphatic carbocycles. The van der Waals surface area contributed by atoms with Crippen molar-refractivity contribution in [3.8, 4) is 6.07 Å². The minimum absolute atomic E-state index is 0.354. The van der Waals surface area contributed by atoms with Gasteiger partial charge in [0.25, 0.3) is 0 Å². The Morgan fingerprint density at radius 1 is 1.50 bits per heavy atom. The molecule has 0 saturated heterocycles. The quantitative estimate of drug-likeness (QED) is 0.798. The molecule has 4 heteroatoms. The summed E-state index contributed by atoms with van der Waals surface area (Å²) in [6, 6.07) is 8.38. The van der Waals surface area contributed by atoms with E-state index in [1.807, 2.05) is 18.2 Å². The van der Waals surface area contributed by atoms with Gasteiger partial charge in [0, 0.05) is 24.5 Å². The van der Waals surface area contributed by atoms with Crippen LogP contribution in [0, 0.1) is 11.3 Å². The van der Waals surface area contributed by atoms with Crippen molar-refractivity contribution in [1.82, 2.24) is 0 Å². The number of anilines is 2. The minimum atomic E-state index is 0.354. The van der Waals surface area contributed by atoms with Crippen LogP contribution in [0.15, 0.2) is 18.2 Å². The highest BCUT2D eigenvalue weighted by Gasteiger charge is 2.24. The molecule has 0 heterocycles. The van der Waals surface area contributed by atoms with Gasteiger partial charge in [-0.25, -0.2) is 0 Å². The van der Waals surface area contributed by atoms with Crippen molar-refractivity contribution < 1.29 is 4.74 Å². The summed E-state index contributed by atoms with van der Waals surface area (Å²) < 4.78 is 5.36. The maximum Gasteiger partial charge on any atom is 0.0670 e. The Morgan fingerprint density at radius 3 is 3.00 bits per heavy atom. The van der Waals surface area contributed by atoms with Crippen molar-refractivity contribution >= 4 is 11.4 Å². The zero-order chi connectivity index (χ0) is 13.0. The molecule has 0 spiro atoms. The molecule has 1 aliphatic rings. The molecule has 1 aromatic carbocycles. The Balaban J connectivity index is 2.02. The van der Waals surface area contributed by atoms with E-state index in [0.29, 0.717) is 24.3 Å². The molecule has 96 valence electrons. The molecule has 3 N–H and O–H groups in total. The van der Waals surface area contributed by atoms with E-state index in [2.05, 4.69) is 11.4 Å². The van der Waals surface area contributed by atoms with Crippen LogP contribution in [0.2, 0.25) is 0 Å². The van der Waals surface area contributed by atoms with Crippen LogP contribution in [0.1, 0.15) is 24.8 Å². The van der Waals surface area contributed by atoms with Crippen LogP contribution in [0.25, 0.3) is 0 Å². The summed E-state index contributed by atoms with van der Waals surface area (Å²) in [6.07, 6.45) is 3.99. The lowest BCUT2D eigenvalue weighted by molar-refractivity contribution is 0.108. The van der Waals surface area contributed by atoms with E-state index in [1.54, 1.807) is 7.11 Å². The number of nitriles is 1. The van der Waals surface area contributed by atoms with Crippen molar-refractivity contribution in [2.75, 3.05) is 18.2 Å². The second kappa shape index (κ2) is 5.74. The van der Waals surface area contributed by atoms with Gasteiger partial charge in [0.05, 0.1) is 18.6 Å². The largest absolute Gasteiger partial charge is 0.398 e. The van der Waals surface area contributed by atoms with Crippen molar-refractivity contribution in [3.63, 3.8) is 0 Å². The molecule has 4 nitrogen and oxygen atoms in total. The third-order valence-electron chi connectivity index (χ3n) is 3.50. The maximum absolute atomic E-state index is 8.74. The maximum atomic E-state index is 8.74. The first-order chi connectivity index (χ1) is 8.72. The lowest BCUT2D eigenvalue weighted by Gasteiger charge is -2.15.